The van der Waals surface area contributed by atoms with Crippen molar-refractivity contribution < 1.29 is 18.7 Å². The van der Waals surface area contributed by atoms with Crippen LogP contribution in [0.2, 0.25) is 0 Å². The Kier molecular flexibility index (Phi) is 6.88. The molecule has 162 valence electrons. The van der Waals surface area contributed by atoms with Gasteiger partial charge in [-0.05, 0) is 65.9 Å². The topological polar surface area (TPSA) is 75.0 Å². The zero-order valence-electron chi connectivity index (χ0n) is 18.1. The Morgan fingerprint density at radius 3 is 2.52 bits per heavy atom. The third-order valence-corrected chi connectivity index (χ3v) is 5.80. The molecule has 0 bridgehead atoms. The Hall–Kier alpha value is -2.02. The number of carbonyl (C=O) groups is 2. The first-order valence-electron chi connectivity index (χ1n) is 10.8. The molecule has 3 rings (SSSR count). The van der Waals surface area contributed by atoms with Gasteiger partial charge in [-0.25, -0.2) is 4.79 Å². The first-order valence-corrected chi connectivity index (χ1v) is 10.8. The molecule has 1 N–H and O–H groups in total. The van der Waals surface area contributed by atoms with Gasteiger partial charge in [0, 0.05) is 31.7 Å². The molecule has 2 atom stereocenters. The molecule has 7 nitrogen and oxygen atoms in total. The van der Waals surface area contributed by atoms with E-state index in [0.29, 0.717) is 11.6 Å². The highest BCUT2D eigenvalue weighted by molar-refractivity contribution is 5.93. The average molecular weight is 406 g/mol. The lowest BCUT2D eigenvalue weighted by atomic mass is 9.95. The minimum atomic E-state index is -0.482. The molecule has 0 spiro atoms. The SMILES string of the molecule is C[C@@H](NC1CCN(C(=O)c2ccoc2)CC1)[C@H]1CCCCN1C(=O)OC(C)(C)C. The van der Waals surface area contributed by atoms with Crippen LogP contribution in [0.1, 0.15) is 70.2 Å². The third kappa shape index (κ3) is 5.75. The molecule has 0 saturated carbocycles. The van der Waals surface area contributed by atoms with Crippen LogP contribution >= 0.6 is 0 Å². The lowest BCUT2D eigenvalue weighted by Crippen LogP contribution is -2.57. The van der Waals surface area contributed by atoms with E-state index < -0.39 is 5.60 Å². The van der Waals surface area contributed by atoms with Crippen molar-refractivity contribution in [1.82, 2.24) is 15.1 Å². The average Bonchev–Trinajstić information content (AvgIpc) is 3.21. The summed E-state index contributed by atoms with van der Waals surface area (Å²) in [5, 5.41) is 3.72. The van der Waals surface area contributed by atoms with E-state index in [9.17, 15) is 9.59 Å². The third-order valence-electron chi connectivity index (χ3n) is 5.80. The van der Waals surface area contributed by atoms with Crippen molar-refractivity contribution in [2.45, 2.75) is 83.5 Å². The van der Waals surface area contributed by atoms with Gasteiger partial charge >= 0.3 is 6.09 Å². The summed E-state index contributed by atoms with van der Waals surface area (Å²) < 4.78 is 10.7. The molecule has 29 heavy (non-hydrogen) atoms. The molecule has 0 aromatic carbocycles. The smallest absolute Gasteiger partial charge is 0.410 e. The molecule has 0 aliphatic carbocycles. The van der Waals surface area contributed by atoms with E-state index in [-0.39, 0.29) is 24.1 Å². The fourth-order valence-electron chi connectivity index (χ4n) is 4.33. The number of hydrogen-bond donors (Lipinski definition) is 1. The second-order valence-electron chi connectivity index (χ2n) is 9.27. The summed E-state index contributed by atoms with van der Waals surface area (Å²) >= 11 is 0. The number of likely N-dealkylation sites (tertiary alicyclic amines) is 2. The van der Waals surface area contributed by atoms with Crippen molar-refractivity contribution in [3.63, 3.8) is 0 Å². The Bertz CT molecular complexity index is 675. The van der Waals surface area contributed by atoms with Gasteiger partial charge in [0.15, 0.2) is 0 Å². The summed E-state index contributed by atoms with van der Waals surface area (Å²) in [6.45, 7) is 10.1. The Morgan fingerprint density at radius 1 is 1.17 bits per heavy atom. The summed E-state index contributed by atoms with van der Waals surface area (Å²) in [6, 6.07) is 2.39. The van der Waals surface area contributed by atoms with E-state index in [1.807, 2.05) is 30.6 Å². The van der Waals surface area contributed by atoms with Crippen molar-refractivity contribution >= 4 is 12.0 Å². The number of nitrogens with zero attached hydrogens (tertiary/aromatic N) is 2. The molecular weight excluding hydrogens is 370 g/mol. The highest BCUT2D eigenvalue weighted by Crippen LogP contribution is 2.24. The van der Waals surface area contributed by atoms with Gasteiger partial charge in [-0.3, -0.25) is 4.79 Å². The molecule has 3 heterocycles. The molecule has 2 fully saturated rings. The van der Waals surface area contributed by atoms with Crippen molar-refractivity contribution in [2.24, 2.45) is 0 Å². The van der Waals surface area contributed by atoms with E-state index >= 15 is 0 Å². The zero-order chi connectivity index (χ0) is 21.0. The van der Waals surface area contributed by atoms with Gasteiger partial charge in [0.05, 0.1) is 17.9 Å². The van der Waals surface area contributed by atoms with Crippen LogP contribution in [-0.4, -0.2) is 65.2 Å². The minimum Gasteiger partial charge on any atom is -0.472 e. The predicted molar refractivity (Wildman–Crippen MR) is 111 cm³/mol. The van der Waals surface area contributed by atoms with Crippen molar-refractivity contribution in [2.75, 3.05) is 19.6 Å². The molecule has 2 saturated heterocycles. The Morgan fingerprint density at radius 2 is 1.90 bits per heavy atom. The second kappa shape index (κ2) is 9.20. The molecule has 1 aromatic rings. The Balaban J connectivity index is 1.52. The number of amides is 2. The van der Waals surface area contributed by atoms with Gasteiger partial charge in [-0.15, -0.1) is 0 Å². The van der Waals surface area contributed by atoms with Gasteiger partial charge in [-0.2, -0.15) is 0 Å². The molecule has 0 unspecified atom stereocenters. The summed E-state index contributed by atoms with van der Waals surface area (Å²) in [7, 11) is 0. The van der Waals surface area contributed by atoms with E-state index in [0.717, 1.165) is 51.7 Å². The largest absolute Gasteiger partial charge is 0.472 e. The Labute approximate surface area is 173 Å². The highest BCUT2D eigenvalue weighted by atomic mass is 16.6. The molecule has 2 amide bonds. The number of ether oxygens (including phenoxy) is 1. The normalized spacial score (nSPS) is 22.4. The van der Waals surface area contributed by atoms with Crippen molar-refractivity contribution in [3.05, 3.63) is 24.2 Å². The molecule has 0 radical (unpaired) electrons. The summed E-state index contributed by atoms with van der Waals surface area (Å²) in [5.74, 6) is 0.0358. The lowest BCUT2D eigenvalue weighted by Gasteiger charge is -2.42. The van der Waals surface area contributed by atoms with Crippen LogP contribution in [0.25, 0.3) is 0 Å². The number of rotatable bonds is 4. The first kappa shape index (κ1) is 21.7. The van der Waals surface area contributed by atoms with Crippen LogP contribution < -0.4 is 5.32 Å². The maximum absolute atomic E-state index is 12.7. The molecule has 2 aliphatic heterocycles. The maximum Gasteiger partial charge on any atom is 0.410 e. The van der Waals surface area contributed by atoms with E-state index in [1.165, 1.54) is 12.5 Å². The zero-order valence-corrected chi connectivity index (χ0v) is 18.1. The number of carbonyl (C=O) groups excluding carboxylic acids is 2. The van der Waals surface area contributed by atoms with E-state index in [2.05, 4.69) is 12.2 Å². The van der Waals surface area contributed by atoms with Gasteiger partial charge in [0.1, 0.15) is 11.9 Å². The van der Waals surface area contributed by atoms with Crippen molar-refractivity contribution in [3.8, 4) is 0 Å². The van der Waals surface area contributed by atoms with Crippen LogP contribution in [0, 0.1) is 0 Å². The van der Waals surface area contributed by atoms with Crippen molar-refractivity contribution in [1.29, 1.82) is 0 Å². The van der Waals surface area contributed by atoms with Gasteiger partial charge in [-0.1, -0.05) is 0 Å². The number of hydrogen-bond acceptors (Lipinski definition) is 5. The molecule has 1 aromatic heterocycles. The minimum absolute atomic E-state index is 0.0358. The van der Waals surface area contributed by atoms with Crippen LogP contribution in [0.3, 0.4) is 0 Å². The maximum atomic E-state index is 12.7. The van der Waals surface area contributed by atoms with Crippen LogP contribution in [0.15, 0.2) is 23.0 Å². The first-order chi connectivity index (χ1) is 13.7. The number of furan rings is 1. The summed E-state index contributed by atoms with van der Waals surface area (Å²) in [4.78, 5) is 28.9. The fourth-order valence-corrected chi connectivity index (χ4v) is 4.33. The van der Waals surface area contributed by atoms with Crippen LogP contribution in [0.5, 0.6) is 0 Å². The summed E-state index contributed by atoms with van der Waals surface area (Å²) in [6.07, 6.45) is 7.79. The fraction of sp³-hybridized carbons (Fsp3) is 0.727. The predicted octanol–water partition coefficient (Wildman–Crippen LogP) is 3.65. The lowest BCUT2D eigenvalue weighted by molar-refractivity contribution is 0.00446. The summed E-state index contributed by atoms with van der Waals surface area (Å²) in [5.41, 5.74) is 0.129. The van der Waals surface area contributed by atoms with Gasteiger partial charge in [0.25, 0.3) is 5.91 Å². The van der Waals surface area contributed by atoms with Gasteiger partial charge < -0.3 is 24.3 Å². The number of nitrogens with one attached hydrogen (secondary N) is 1. The van der Waals surface area contributed by atoms with Gasteiger partial charge in [0.2, 0.25) is 0 Å². The standard InChI is InChI=1S/C22H35N3O4/c1-16(19-7-5-6-11-25(19)21(27)29-22(2,3)4)23-18-8-12-24(13-9-18)20(26)17-10-14-28-15-17/h10,14-16,18-19,23H,5-9,11-13H2,1-4H3/t16-,19-/m1/s1. The van der Waals surface area contributed by atoms with Crippen LogP contribution in [-0.2, 0) is 4.74 Å². The van der Waals surface area contributed by atoms with E-state index in [4.69, 9.17) is 9.15 Å². The second-order valence-corrected chi connectivity index (χ2v) is 9.27. The molecular formula is C22H35N3O4. The van der Waals surface area contributed by atoms with Crippen LogP contribution in [0.4, 0.5) is 4.79 Å². The molecule has 7 heteroatoms. The molecule has 2 aliphatic rings. The van der Waals surface area contributed by atoms with E-state index in [1.54, 1.807) is 6.07 Å². The number of piperidine rings is 2. The monoisotopic (exact) mass is 405 g/mol. The highest BCUT2D eigenvalue weighted by Gasteiger charge is 2.35. The quantitative estimate of drug-likeness (QED) is 0.828.